The average molecular weight is 287 g/mol. The number of hydrogen-bond donors (Lipinski definition) is 1. The molecule has 0 aliphatic heterocycles. The summed E-state index contributed by atoms with van der Waals surface area (Å²) in [6.45, 7) is 1.000. The summed E-state index contributed by atoms with van der Waals surface area (Å²) in [5, 5.41) is 3.87. The molecule has 1 unspecified atom stereocenters. The molecule has 2 nitrogen and oxygen atoms in total. The zero-order chi connectivity index (χ0) is 14.5. The lowest BCUT2D eigenvalue weighted by Crippen LogP contribution is -2.49. The maximum atomic E-state index is 5.78. The van der Waals surface area contributed by atoms with E-state index in [9.17, 15) is 0 Å². The highest BCUT2D eigenvalue weighted by Crippen LogP contribution is 2.38. The van der Waals surface area contributed by atoms with Crippen LogP contribution in [0.1, 0.15) is 63.0 Å². The van der Waals surface area contributed by atoms with E-state index in [1.807, 2.05) is 7.11 Å². The van der Waals surface area contributed by atoms with E-state index in [1.165, 1.54) is 56.9 Å². The van der Waals surface area contributed by atoms with Gasteiger partial charge in [-0.3, -0.25) is 0 Å². The van der Waals surface area contributed by atoms with Gasteiger partial charge in [-0.2, -0.15) is 0 Å². The van der Waals surface area contributed by atoms with Gasteiger partial charge < -0.3 is 10.1 Å². The maximum absolute atomic E-state index is 5.78. The molecule has 116 valence electrons. The first-order valence-electron chi connectivity index (χ1n) is 8.66. The van der Waals surface area contributed by atoms with Gasteiger partial charge in [0.05, 0.1) is 5.60 Å². The van der Waals surface area contributed by atoms with Crippen LogP contribution in [-0.4, -0.2) is 19.3 Å². The number of nitrogens with one attached hydrogen (secondary N) is 1. The highest BCUT2D eigenvalue weighted by molar-refractivity contribution is 5.20. The molecule has 2 heteroatoms. The molecule has 21 heavy (non-hydrogen) atoms. The average Bonchev–Trinajstić information content (AvgIpc) is 2.52. The maximum Gasteiger partial charge on any atom is 0.0802 e. The molecular formula is C19H29NO. The Kier molecular flexibility index (Phi) is 4.97. The van der Waals surface area contributed by atoms with E-state index in [1.54, 1.807) is 0 Å². The van der Waals surface area contributed by atoms with Gasteiger partial charge in [-0.05, 0) is 43.6 Å². The minimum atomic E-state index is 0.113. The van der Waals surface area contributed by atoms with Crippen LogP contribution in [0.5, 0.6) is 0 Å². The first kappa shape index (κ1) is 15.1. The Morgan fingerprint density at radius 3 is 2.38 bits per heavy atom. The molecular weight excluding hydrogens is 258 g/mol. The van der Waals surface area contributed by atoms with E-state index >= 15 is 0 Å². The van der Waals surface area contributed by atoms with Crippen LogP contribution in [0.25, 0.3) is 0 Å². The molecule has 0 heterocycles. The minimum absolute atomic E-state index is 0.113. The SMILES string of the molecule is COC1(CNC(c2ccccc2)C2CCCCC2)CCC1. The molecule has 2 aliphatic carbocycles. The van der Waals surface area contributed by atoms with E-state index < -0.39 is 0 Å². The Labute approximate surface area is 129 Å². The summed E-state index contributed by atoms with van der Waals surface area (Å²) in [4.78, 5) is 0. The molecule has 1 N–H and O–H groups in total. The van der Waals surface area contributed by atoms with E-state index in [-0.39, 0.29) is 5.60 Å². The van der Waals surface area contributed by atoms with Crippen molar-refractivity contribution in [2.75, 3.05) is 13.7 Å². The Morgan fingerprint density at radius 2 is 1.81 bits per heavy atom. The number of ether oxygens (including phenoxy) is 1. The van der Waals surface area contributed by atoms with Crippen molar-refractivity contribution in [2.45, 2.75) is 63.0 Å². The fraction of sp³-hybridized carbons (Fsp3) is 0.684. The molecule has 0 radical (unpaired) electrons. The van der Waals surface area contributed by atoms with Crippen LogP contribution in [0.2, 0.25) is 0 Å². The summed E-state index contributed by atoms with van der Waals surface area (Å²) < 4.78 is 5.78. The first-order chi connectivity index (χ1) is 10.3. The van der Waals surface area contributed by atoms with Crippen molar-refractivity contribution in [2.24, 2.45) is 5.92 Å². The second-order valence-electron chi connectivity index (χ2n) is 6.91. The Morgan fingerprint density at radius 1 is 1.10 bits per heavy atom. The smallest absolute Gasteiger partial charge is 0.0802 e. The number of hydrogen-bond acceptors (Lipinski definition) is 2. The lowest BCUT2D eigenvalue weighted by atomic mass is 9.78. The fourth-order valence-electron chi connectivity index (χ4n) is 4.00. The van der Waals surface area contributed by atoms with Crippen LogP contribution in [0, 0.1) is 5.92 Å². The largest absolute Gasteiger partial charge is 0.377 e. The standard InChI is InChI=1S/C19H29NO/c1-21-19(13-8-14-19)15-20-18(16-9-4-2-5-10-16)17-11-6-3-7-12-17/h2,4-5,9-10,17-18,20H,3,6-8,11-15H2,1H3. The second kappa shape index (κ2) is 6.93. The summed E-state index contributed by atoms with van der Waals surface area (Å²) in [7, 11) is 1.87. The molecule has 0 aromatic heterocycles. The zero-order valence-corrected chi connectivity index (χ0v) is 13.3. The van der Waals surface area contributed by atoms with Crippen molar-refractivity contribution in [1.82, 2.24) is 5.32 Å². The molecule has 2 aliphatic rings. The summed E-state index contributed by atoms with van der Waals surface area (Å²) in [5.74, 6) is 0.787. The van der Waals surface area contributed by atoms with Gasteiger partial charge in [0, 0.05) is 19.7 Å². The molecule has 2 fully saturated rings. The molecule has 0 saturated heterocycles. The van der Waals surface area contributed by atoms with Crippen LogP contribution >= 0.6 is 0 Å². The normalized spacial score (nSPS) is 23.5. The third-order valence-corrected chi connectivity index (χ3v) is 5.62. The Hall–Kier alpha value is -0.860. The van der Waals surface area contributed by atoms with Crippen molar-refractivity contribution in [3.05, 3.63) is 35.9 Å². The van der Waals surface area contributed by atoms with Crippen LogP contribution in [0.15, 0.2) is 30.3 Å². The lowest BCUT2D eigenvalue weighted by molar-refractivity contribution is -0.0721. The van der Waals surface area contributed by atoms with Crippen molar-refractivity contribution in [3.63, 3.8) is 0 Å². The predicted molar refractivity (Wildman–Crippen MR) is 87.4 cm³/mol. The number of methoxy groups -OCH3 is 1. The Bertz CT molecular complexity index is 415. The van der Waals surface area contributed by atoms with Crippen LogP contribution in [0.3, 0.4) is 0 Å². The molecule has 1 aromatic carbocycles. The van der Waals surface area contributed by atoms with Crippen molar-refractivity contribution >= 4 is 0 Å². The van der Waals surface area contributed by atoms with Gasteiger partial charge in [0.1, 0.15) is 0 Å². The third kappa shape index (κ3) is 3.49. The quantitative estimate of drug-likeness (QED) is 0.833. The highest BCUT2D eigenvalue weighted by Gasteiger charge is 2.38. The second-order valence-corrected chi connectivity index (χ2v) is 6.91. The third-order valence-electron chi connectivity index (χ3n) is 5.62. The summed E-state index contributed by atoms with van der Waals surface area (Å²) in [6.07, 6.45) is 10.7. The Balaban J connectivity index is 1.69. The molecule has 0 spiro atoms. The monoisotopic (exact) mass is 287 g/mol. The van der Waals surface area contributed by atoms with E-state index in [0.29, 0.717) is 6.04 Å². The molecule has 3 rings (SSSR count). The van der Waals surface area contributed by atoms with E-state index in [4.69, 9.17) is 4.74 Å². The van der Waals surface area contributed by atoms with Crippen LogP contribution in [-0.2, 0) is 4.74 Å². The van der Waals surface area contributed by atoms with Gasteiger partial charge in [0.15, 0.2) is 0 Å². The summed E-state index contributed by atoms with van der Waals surface area (Å²) in [5.41, 5.74) is 1.57. The minimum Gasteiger partial charge on any atom is -0.377 e. The van der Waals surface area contributed by atoms with Crippen LogP contribution in [0.4, 0.5) is 0 Å². The lowest BCUT2D eigenvalue weighted by Gasteiger charge is -2.43. The molecule has 2 saturated carbocycles. The van der Waals surface area contributed by atoms with Gasteiger partial charge in [-0.15, -0.1) is 0 Å². The van der Waals surface area contributed by atoms with E-state index in [2.05, 4.69) is 35.6 Å². The van der Waals surface area contributed by atoms with Gasteiger partial charge >= 0.3 is 0 Å². The van der Waals surface area contributed by atoms with Gasteiger partial charge in [0.25, 0.3) is 0 Å². The van der Waals surface area contributed by atoms with Crippen molar-refractivity contribution < 1.29 is 4.74 Å². The number of benzene rings is 1. The fourth-order valence-corrected chi connectivity index (χ4v) is 4.00. The highest BCUT2D eigenvalue weighted by atomic mass is 16.5. The molecule has 1 aromatic rings. The number of rotatable bonds is 6. The molecule has 1 atom stereocenters. The van der Waals surface area contributed by atoms with Gasteiger partial charge in [-0.25, -0.2) is 0 Å². The predicted octanol–water partition coefficient (Wildman–Crippen LogP) is 4.47. The van der Waals surface area contributed by atoms with Gasteiger partial charge in [0.2, 0.25) is 0 Å². The summed E-state index contributed by atoms with van der Waals surface area (Å²) in [6, 6.07) is 11.5. The van der Waals surface area contributed by atoms with Gasteiger partial charge in [-0.1, -0.05) is 49.6 Å². The van der Waals surface area contributed by atoms with Crippen molar-refractivity contribution in [3.8, 4) is 0 Å². The first-order valence-corrected chi connectivity index (χ1v) is 8.66. The molecule has 0 amide bonds. The topological polar surface area (TPSA) is 21.3 Å². The summed E-state index contributed by atoms with van der Waals surface area (Å²) >= 11 is 0. The molecule has 0 bridgehead atoms. The zero-order valence-electron chi connectivity index (χ0n) is 13.3. The van der Waals surface area contributed by atoms with Crippen molar-refractivity contribution in [1.29, 1.82) is 0 Å². The van der Waals surface area contributed by atoms with Crippen LogP contribution < -0.4 is 5.32 Å². The van der Waals surface area contributed by atoms with E-state index in [0.717, 1.165) is 12.5 Å².